The summed E-state index contributed by atoms with van der Waals surface area (Å²) in [6.07, 6.45) is 1.98. The first-order valence-corrected chi connectivity index (χ1v) is 3.99. The summed E-state index contributed by atoms with van der Waals surface area (Å²) in [7, 11) is 0. The third-order valence-corrected chi connectivity index (χ3v) is 2.01. The molecule has 0 radical (unpaired) electrons. The monoisotopic (exact) mass is 135 g/mol. The SMILES string of the molecule is CCN(O)C(C)SC. The maximum atomic E-state index is 8.94. The first-order valence-electron chi connectivity index (χ1n) is 2.70. The molecule has 1 N–H and O–H groups in total. The second-order valence-corrected chi connectivity index (χ2v) is 2.74. The fraction of sp³-hybridized carbons (Fsp3) is 1.00. The Bertz CT molecular complexity index is 52.4. The van der Waals surface area contributed by atoms with Crippen LogP contribution in [0, 0.1) is 0 Å². The van der Waals surface area contributed by atoms with Gasteiger partial charge in [0.05, 0.1) is 5.37 Å². The van der Waals surface area contributed by atoms with Gasteiger partial charge in [-0.3, -0.25) is 0 Å². The number of rotatable bonds is 3. The average molecular weight is 135 g/mol. The normalized spacial score (nSPS) is 14.6. The second-order valence-electron chi connectivity index (χ2n) is 1.59. The summed E-state index contributed by atoms with van der Waals surface area (Å²) in [5.74, 6) is 0. The summed E-state index contributed by atoms with van der Waals surface area (Å²) in [6.45, 7) is 4.59. The average Bonchev–Trinajstić information content (AvgIpc) is 1.84. The van der Waals surface area contributed by atoms with E-state index in [4.69, 9.17) is 5.21 Å². The van der Waals surface area contributed by atoms with E-state index < -0.39 is 0 Å². The maximum Gasteiger partial charge on any atom is 0.0771 e. The lowest BCUT2D eigenvalue weighted by Gasteiger charge is -2.17. The van der Waals surface area contributed by atoms with Crippen molar-refractivity contribution >= 4 is 11.8 Å². The van der Waals surface area contributed by atoms with Crippen LogP contribution >= 0.6 is 11.8 Å². The van der Waals surface area contributed by atoms with E-state index in [2.05, 4.69) is 0 Å². The number of thioether (sulfide) groups is 1. The molecule has 0 heterocycles. The standard InChI is InChI=1S/C5H13NOS/c1-4-6(7)5(2)8-3/h5,7H,4H2,1-3H3. The molecule has 8 heavy (non-hydrogen) atoms. The highest BCUT2D eigenvalue weighted by Crippen LogP contribution is 2.07. The molecule has 0 spiro atoms. The van der Waals surface area contributed by atoms with Crippen LogP contribution in [0.3, 0.4) is 0 Å². The molecule has 0 aliphatic heterocycles. The molecule has 1 atom stereocenters. The van der Waals surface area contributed by atoms with Gasteiger partial charge in [-0.05, 0) is 13.2 Å². The minimum atomic E-state index is 0.222. The third kappa shape index (κ3) is 2.55. The number of nitrogens with zero attached hydrogens (tertiary/aromatic N) is 1. The number of hydrogen-bond donors (Lipinski definition) is 1. The van der Waals surface area contributed by atoms with Gasteiger partial charge in [-0.2, -0.15) is 5.06 Å². The fourth-order valence-corrected chi connectivity index (χ4v) is 0.771. The van der Waals surface area contributed by atoms with Gasteiger partial charge >= 0.3 is 0 Å². The highest BCUT2D eigenvalue weighted by atomic mass is 32.2. The molecular weight excluding hydrogens is 122 g/mol. The molecule has 0 aliphatic rings. The Morgan fingerprint density at radius 1 is 1.75 bits per heavy atom. The number of hydrogen-bond acceptors (Lipinski definition) is 3. The Balaban J connectivity index is 3.29. The summed E-state index contributed by atoms with van der Waals surface area (Å²) in [6, 6.07) is 0. The van der Waals surface area contributed by atoms with E-state index in [0.717, 1.165) is 0 Å². The molecule has 0 bridgehead atoms. The molecule has 0 saturated carbocycles. The van der Waals surface area contributed by atoms with E-state index in [-0.39, 0.29) is 5.37 Å². The van der Waals surface area contributed by atoms with Crippen LogP contribution in [-0.2, 0) is 0 Å². The van der Waals surface area contributed by atoms with Crippen molar-refractivity contribution < 1.29 is 5.21 Å². The van der Waals surface area contributed by atoms with Crippen LogP contribution in [-0.4, -0.2) is 28.4 Å². The van der Waals surface area contributed by atoms with Crippen molar-refractivity contribution in [3.63, 3.8) is 0 Å². The molecule has 0 saturated heterocycles. The zero-order chi connectivity index (χ0) is 6.57. The van der Waals surface area contributed by atoms with Crippen molar-refractivity contribution in [2.75, 3.05) is 12.8 Å². The summed E-state index contributed by atoms with van der Waals surface area (Å²) in [4.78, 5) is 0. The van der Waals surface area contributed by atoms with Crippen molar-refractivity contribution in [1.82, 2.24) is 5.06 Å². The van der Waals surface area contributed by atoms with Crippen LogP contribution in [0.4, 0.5) is 0 Å². The van der Waals surface area contributed by atoms with Gasteiger partial charge in [0.2, 0.25) is 0 Å². The van der Waals surface area contributed by atoms with Gasteiger partial charge < -0.3 is 5.21 Å². The van der Waals surface area contributed by atoms with Gasteiger partial charge in [0.1, 0.15) is 0 Å². The van der Waals surface area contributed by atoms with E-state index >= 15 is 0 Å². The predicted octanol–water partition coefficient (Wildman–Crippen LogP) is 1.41. The van der Waals surface area contributed by atoms with Gasteiger partial charge in [-0.15, -0.1) is 11.8 Å². The van der Waals surface area contributed by atoms with Crippen LogP contribution in [0.25, 0.3) is 0 Å². The van der Waals surface area contributed by atoms with E-state index in [1.807, 2.05) is 20.1 Å². The Morgan fingerprint density at radius 3 is 2.38 bits per heavy atom. The quantitative estimate of drug-likeness (QED) is 0.467. The van der Waals surface area contributed by atoms with Crippen molar-refractivity contribution in [3.8, 4) is 0 Å². The largest absolute Gasteiger partial charge is 0.313 e. The fourth-order valence-electron chi connectivity index (χ4n) is 0.379. The summed E-state index contributed by atoms with van der Waals surface area (Å²) in [5, 5.41) is 10.5. The van der Waals surface area contributed by atoms with Crippen molar-refractivity contribution in [1.29, 1.82) is 0 Å². The second kappa shape index (κ2) is 4.18. The van der Waals surface area contributed by atoms with E-state index in [1.54, 1.807) is 11.8 Å². The lowest BCUT2D eigenvalue weighted by atomic mass is 10.6. The smallest absolute Gasteiger partial charge is 0.0771 e. The molecule has 3 heteroatoms. The molecule has 0 aromatic heterocycles. The first-order chi connectivity index (χ1) is 3.72. The van der Waals surface area contributed by atoms with Gasteiger partial charge in [-0.25, -0.2) is 0 Å². The molecule has 2 nitrogen and oxygen atoms in total. The Kier molecular flexibility index (Phi) is 4.32. The highest BCUT2D eigenvalue weighted by molar-refractivity contribution is 7.99. The van der Waals surface area contributed by atoms with E-state index in [0.29, 0.717) is 6.54 Å². The van der Waals surface area contributed by atoms with Gasteiger partial charge in [0, 0.05) is 6.54 Å². The molecule has 50 valence electrons. The zero-order valence-electron chi connectivity index (χ0n) is 5.59. The maximum absolute atomic E-state index is 8.94. The van der Waals surface area contributed by atoms with Crippen molar-refractivity contribution in [2.45, 2.75) is 19.2 Å². The minimum absolute atomic E-state index is 0.222. The van der Waals surface area contributed by atoms with Crippen molar-refractivity contribution in [3.05, 3.63) is 0 Å². The Labute approximate surface area is 54.8 Å². The molecule has 0 aromatic rings. The summed E-state index contributed by atoms with van der Waals surface area (Å²) >= 11 is 1.63. The highest BCUT2D eigenvalue weighted by Gasteiger charge is 2.04. The first kappa shape index (κ1) is 8.27. The van der Waals surface area contributed by atoms with Gasteiger partial charge in [0.25, 0.3) is 0 Å². The van der Waals surface area contributed by atoms with E-state index in [1.165, 1.54) is 5.06 Å². The molecule has 0 fully saturated rings. The van der Waals surface area contributed by atoms with Crippen LogP contribution in [0.15, 0.2) is 0 Å². The van der Waals surface area contributed by atoms with Gasteiger partial charge in [-0.1, -0.05) is 6.92 Å². The Morgan fingerprint density at radius 2 is 2.25 bits per heavy atom. The van der Waals surface area contributed by atoms with Crippen molar-refractivity contribution in [2.24, 2.45) is 0 Å². The van der Waals surface area contributed by atoms with Crippen LogP contribution in [0.2, 0.25) is 0 Å². The lowest BCUT2D eigenvalue weighted by molar-refractivity contribution is -0.0921. The van der Waals surface area contributed by atoms with E-state index in [9.17, 15) is 0 Å². The van der Waals surface area contributed by atoms with Crippen LogP contribution in [0.5, 0.6) is 0 Å². The predicted molar refractivity (Wildman–Crippen MR) is 37.1 cm³/mol. The van der Waals surface area contributed by atoms with Gasteiger partial charge in [0.15, 0.2) is 0 Å². The molecule has 0 aliphatic carbocycles. The lowest BCUT2D eigenvalue weighted by Crippen LogP contribution is -2.26. The summed E-state index contributed by atoms with van der Waals surface area (Å²) in [5.41, 5.74) is 0. The molecule has 0 amide bonds. The Hall–Kier alpha value is 0.270. The topological polar surface area (TPSA) is 23.5 Å². The molecular formula is C5H13NOS. The molecule has 0 rings (SSSR count). The molecule has 1 unspecified atom stereocenters. The minimum Gasteiger partial charge on any atom is -0.313 e. The van der Waals surface area contributed by atoms with Crippen LogP contribution < -0.4 is 0 Å². The number of hydroxylamine groups is 2. The third-order valence-electron chi connectivity index (χ3n) is 1.08. The van der Waals surface area contributed by atoms with Crippen LogP contribution in [0.1, 0.15) is 13.8 Å². The zero-order valence-corrected chi connectivity index (χ0v) is 6.40. The molecule has 0 aromatic carbocycles. The summed E-state index contributed by atoms with van der Waals surface area (Å²) < 4.78 is 0.